The monoisotopic (exact) mass is 370 g/mol. The molecule has 0 saturated carbocycles. The Hall–Kier alpha value is -3.03. The van der Waals surface area contributed by atoms with Gasteiger partial charge in [0.1, 0.15) is 11.4 Å². The number of hydrogen-bond donors (Lipinski definition) is 0. The summed E-state index contributed by atoms with van der Waals surface area (Å²) in [7, 11) is 4.56. The topological polar surface area (TPSA) is 76.8 Å². The van der Waals surface area contributed by atoms with Gasteiger partial charge in [-0.3, -0.25) is 18.7 Å². The van der Waals surface area contributed by atoms with Gasteiger partial charge in [-0.15, -0.1) is 0 Å². The predicted octanol–water partition coefficient (Wildman–Crippen LogP) is 0.0550. The molecule has 0 atom stereocenters. The third kappa shape index (κ3) is 2.72. The third-order valence-corrected chi connectivity index (χ3v) is 5.57. The number of carbonyl (C=O) groups is 1. The van der Waals surface area contributed by atoms with E-state index in [2.05, 4.69) is 4.90 Å². The molecule has 2 aliphatic heterocycles. The number of ether oxygens (including phenoxy) is 1. The van der Waals surface area contributed by atoms with Gasteiger partial charge in [0.25, 0.3) is 11.5 Å². The summed E-state index contributed by atoms with van der Waals surface area (Å²) in [5.74, 6) is 0.565. The van der Waals surface area contributed by atoms with E-state index in [9.17, 15) is 14.4 Å². The highest BCUT2D eigenvalue weighted by Crippen LogP contribution is 2.42. The Morgan fingerprint density at radius 2 is 1.63 bits per heavy atom. The first-order valence-electron chi connectivity index (χ1n) is 8.79. The van der Waals surface area contributed by atoms with E-state index >= 15 is 0 Å². The molecule has 27 heavy (non-hydrogen) atoms. The van der Waals surface area contributed by atoms with Crippen LogP contribution in [0.4, 0.5) is 5.69 Å². The molecule has 2 saturated heterocycles. The molecule has 0 N–H and O–H groups in total. The van der Waals surface area contributed by atoms with Crippen LogP contribution < -0.4 is 20.9 Å². The van der Waals surface area contributed by atoms with Crippen LogP contribution in [0.2, 0.25) is 0 Å². The molecule has 0 unspecified atom stereocenters. The molecule has 4 rings (SSSR count). The summed E-state index contributed by atoms with van der Waals surface area (Å²) in [6.45, 7) is 3.06. The average Bonchev–Trinajstić information content (AvgIpc) is 2.61. The summed E-state index contributed by atoms with van der Waals surface area (Å²) >= 11 is 0. The van der Waals surface area contributed by atoms with Crippen LogP contribution in [0.3, 0.4) is 0 Å². The molecular weight excluding hydrogens is 348 g/mol. The molecule has 0 aliphatic carbocycles. The molecule has 2 fully saturated rings. The summed E-state index contributed by atoms with van der Waals surface area (Å²) in [5.41, 5.74) is 0.430. The van der Waals surface area contributed by atoms with E-state index in [1.165, 1.54) is 24.7 Å². The van der Waals surface area contributed by atoms with Gasteiger partial charge in [0.2, 0.25) is 0 Å². The van der Waals surface area contributed by atoms with E-state index in [0.717, 1.165) is 29.1 Å². The van der Waals surface area contributed by atoms with Crippen LogP contribution in [-0.2, 0) is 14.1 Å². The lowest BCUT2D eigenvalue weighted by atomic mass is 9.72. The molecule has 1 aromatic carbocycles. The van der Waals surface area contributed by atoms with Crippen LogP contribution in [0.1, 0.15) is 10.5 Å². The summed E-state index contributed by atoms with van der Waals surface area (Å²) in [4.78, 5) is 40.6. The third-order valence-electron chi connectivity index (χ3n) is 5.57. The minimum absolute atomic E-state index is 0.105. The number of aromatic nitrogens is 2. The molecule has 2 aromatic rings. The second-order valence-corrected chi connectivity index (χ2v) is 7.48. The number of nitrogens with zero attached hydrogens (tertiary/aromatic N) is 4. The summed E-state index contributed by atoms with van der Waals surface area (Å²) in [5, 5.41) is 0. The Morgan fingerprint density at radius 3 is 2.22 bits per heavy atom. The number of amides is 1. The molecule has 3 heterocycles. The van der Waals surface area contributed by atoms with Crippen molar-refractivity contribution in [2.45, 2.75) is 0 Å². The van der Waals surface area contributed by atoms with Gasteiger partial charge in [-0.05, 0) is 24.3 Å². The van der Waals surface area contributed by atoms with E-state index in [0.29, 0.717) is 13.1 Å². The van der Waals surface area contributed by atoms with Crippen molar-refractivity contribution in [2.75, 3.05) is 38.2 Å². The lowest BCUT2D eigenvalue weighted by Gasteiger charge is -2.60. The van der Waals surface area contributed by atoms with E-state index < -0.39 is 11.2 Å². The largest absolute Gasteiger partial charge is 0.497 e. The quantitative estimate of drug-likeness (QED) is 0.763. The molecule has 8 heteroatoms. The van der Waals surface area contributed by atoms with Crippen molar-refractivity contribution in [3.63, 3.8) is 0 Å². The number of rotatable bonds is 3. The Labute approximate surface area is 156 Å². The summed E-state index contributed by atoms with van der Waals surface area (Å²) in [6.07, 6.45) is 0. The number of likely N-dealkylation sites (tertiary alicyclic amines) is 1. The molecule has 8 nitrogen and oxygen atoms in total. The van der Waals surface area contributed by atoms with Crippen LogP contribution in [-0.4, -0.2) is 53.2 Å². The van der Waals surface area contributed by atoms with Crippen LogP contribution in [0.15, 0.2) is 39.9 Å². The number of hydrogen-bond acceptors (Lipinski definition) is 5. The first kappa shape index (κ1) is 17.4. The van der Waals surface area contributed by atoms with Gasteiger partial charge in [-0.25, -0.2) is 4.79 Å². The van der Waals surface area contributed by atoms with Gasteiger partial charge >= 0.3 is 5.69 Å². The van der Waals surface area contributed by atoms with E-state index in [1.807, 2.05) is 24.3 Å². The molecule has 2 aliphatic rings. The minimum atomic E-state index is -0.490. The number of methoxy groups -OCH3 is 1. The predicted molar refractivity (Wildman–Crippen MR) is 100 cm³/mol. The van der Waals surface area contributed by atoms with Crippen LogP contribution >= 0.6 is 0 Å². The molecule has 142 valence electrons. The minimum Gasteiger partial charge on any atom is -0.497 e. The van der Waals surface area contributed by atoms with Crippen molar-refractivity contribution in [3.8, 4) is 5.75 Å². The second-order valence-electron chi connectivity index (χ2n) is 7.48. The van der Waals surface area contributed by atoms with Gasteiger partial charge in [0.05, 0.1) is 7.11 Å². The van der Waals surface area contributed by atoms with Crippen molar-refractivity contribution in [3.05, 3.63) is 56.9 Å². The fourth-order valence-corrected chi connectivity index (χ4v) is 3.95. The normalized spacial score (nSPS) is 17.4. The number of benzene rings is 1. The molecule has 1 spiro atoms. The lowest BCUT2D eigenvalue weighted by molar-refractivity contribution is -0.0112. The summed E-state index contributed by atoms with van der Waals surface area (Å²) in [6, 6.07) is 9.17. The highest BCUT2D eigenvalue weighted by atomic mass is 16.5. The first-order valence-corrected chi connectivity index (χ1v) is 8.79. The zero-order chi connectivity index (χ0) is 19.3. The van der Waals surface area contributed by atoms with Crippen molar-refractivity contribution in [1.29, 1.82) is 0 Å². The summed E-state index contributed by atoms with van der Waals surface area (Å²) < 4.78 is 7.41. The maximum absolute atomic E-state index is 12.7. The Morgan fingerprint density at radius 1 is 1.00 bits per heavy atom. The Balaban J connectivity index is 1.41. The number of carbonyl (C=O) groups excluding carboxylic acids is 1. The van der Waals surface area contributed by atoms with E-state index in [-0.39, 0.29) is 17.0 Å². The van der Waals surface area contributed by atoms with Gasteiger partial charge in [-0.2, -0.15) is 0 Å². The van der Waals surface area contributed by atoms with Crippen molar-refractivity contribution in [2.24, 2.45) is 19.5 Å². The maximum Gasteiger partial charge on any atom is 0.331 e. The van der Waals surface area contributed by atoms with Crippen molar-refractivity contribution < 1.29 is 9.53 Å². The molecule has 0 bridgehead atoms. The van der Waals surface area contributed by atoms with Crippen molar-refractivity contribution in [1.82, 2.24) is 14.0 Å². The van der Waals surface area contributed by atoms with E-state index in [4.69, 9.17) is 4.74 Å². The Bertz CT molecular complexity index is 1010. The van der Waals surface area contributed by atoms with Crippen molar-refractivity contribution >= 4 is 11.6 Å². The smallest absolute Gasteiger partial charge is 0.331 e. The molecule has 0 radical (unpaired) electrons. The number of anilines is 1. The molecule has 1 amide bonds. The zero-order valence-electron chi connectivity index (χ0n) is 15.6. The van der Waals surface area contributed by atoms with Crippen LogP contribution in [0, 0.1) is 5.41 Å². The molecular formula is C19H22N4O4. The fraction of sp³-hybridized carbons (Fsp3) is 0.421. The SMILES string of the molecule is COc1ccc(N2CC3(CN(C(=O)c4cc(=O)n(C)c(=O)n4C)C3)C2)cc1. The van der Waals surface area contributed by atoms with Crippen LogP contribution in [0.5, 0.6) is 5.75 Å². The second kappa shape index (κ2) is 6.00. The lowest BCUT2D eigenvalue weighted by Crippen LogP contribution is -2.73. The standard InChI is InChI=1S/C19H22N4O4/c1-20-15(8-16(24)21(2)18(20)26)17(25)23-11-19(12-23)9-22(10-19)13-4-6-14(27-3)7-5-13/h4-8H,9-12H2,1-3H3. The van der Waals surface area contributed by atoms with Gasteiger partial charge in [0, 0.05) is 57.4 Å². The van der Waals surface area contributed by atoms with Gasteiger partial charge < -0.3 is 14.5 Å². The van der Waals surface area contributed by atoms with Crippen LogP contribution in [0.25, 0.3) is 0 Å². The fourth-order valence-electron chi connectivity index (χ4n) is 3.95. The average molecular weight is 370 g/mol. The highest BCUT2D eigenvalue weighted by molar-refractivity contribution is 5.93. The first-order chi connectivity index (χ1) is 12.8. The van der Waals surface area contributed by atoms with Gasteiger partial charge in [-0.1, -0.05) is 0 Å². The Kier molecular flexibility index (Phi) is 3.87. The zero-order valence-corrected chi connectivity index (χ0v) is 15.6. The molecule has 1 aromatic heterocycles. The van der Waals surface area contributed by atoms with Gasteiger partial charge in [0.15, 0.2) is 0 Å². The maximum atomic E-state index is 12.7. The van der Waals surface area contributed by atoms with E-state index in [1.54, 1.807) is 12.0 Å². The highest BCUT2D eigenvalue weighted by Gasteiger charge is 2.53.